The molecule has 0 fully saturated rings. The monoisotopic (exact) mass is 277 g/mol. The Balaban J connectivity index is 2.15. The van der Waals surface area contributed by atoms with E-state index in [2.05, 4.69) is 15.3 Å². The Morgan fingerprint density at radius 3 is 3.00 bits per heavy atom. The molecule has 6 heteroatoms. The maximum atomic E-state index is 12.0. The van der Waals surface area contributed by atoms with Crippen LogP contribution in [0.5, 0.6) is 0 Å². The van der Waals surface area contributed by atoms with E-state index < -0.39 is 0 Å². The number of pyridine rings is 1. The molecule has 0 bridgehead atoms. The number of methoxy groups -OCH3 is 1. The fourth-order valence-corrected chi connectivity index (χ4v) is 2.51. The summed E-state index contributed by atoms with van der Waals surface area (Å²) in [6.45, 7) is 2.82. The van der Waals surface area contributed by atoms with Gasteiger partial charge in [0, 0.05) is 19.9 Å². The van der Waals surface area contributed by atoms with Crippen LogP contribution in [0.3, 0.4) is 0 Å². The second-order valence-corrected chi connectivity index (χ2v) is 4.90. The second-order valence-electron chi connectivity index (χ2n) is 3.90. The lowest BCUT2D eigenvalue weighted by molar-refractivity contribution is 0.0940. The van der Waals surface area contributed by atoms with Crippen molar-refractivity contribution in [2.75, 3.05) is 20.3 Å². The summed E-state index contributed by atoms with van der Waals surface area (Å²) in [4.78, 5) is 21.2. The zero-order valence-electron chi connectivity index (χ0n) is 10.8. The highest BCUT2D eigenvalue weighted by Crippen LogP contribution is 2.26. The SMILES string of the molecule is COCCNC(=O)c1sc(-c2ccccn2)nc1C. The van der Waals surface area contributed by atoms with Gasteiger partial charge in [-0.2, -0.15) is 0 Å². The Morgan fingerprint density at radius 2 is 2.32 bits per heavy atom. The predicted octanol–water partition coefficient (Wildman–Crippen LogP) is 1.89. The molecule has 2 aromatic rings. The summed E-state index contributed by atoms with van der Waals surface area (Å²) in [6.07, 6.45) is 1.71. The van der Waals surface area contributed by atoms with Crippen molar-refractivity contribution in [1.29, 1.82) is 0 Å². The van der Waals surface area contributed by atoms with Gasteiger partial charge in [0.15, 0.2) is 0 Å². The molecule has 2 aromatic heterocycles. The van der Waals surface area contributed by atoms with Gasteiger partial charge in [-0.3, -0.25) is 9.78 Å². The van der Waals surface area contributed by atoms with Gasteiger partial charge in [-0.25, -0.2) is 4.98 Å². The van der Waals surface area contributed by atoms with E-state index in [1.165, 1.54) is 11.3 Å². The number of nitrogens with zero attached hydrogens (tertiary/aromatic N) is 2. The Hall–Kier alpha value is -1.79. The van der Waals surface area contributed by atoms with Gasteiger partial charge >= 0.3 is 0 Å². The summed E-state index contributed by atoms with van der Waals surface area (Å²) in [5, 5.41) is 3.55. The molecule has 0 spiro atoms. The number of hydrogen-bond acceptors (Lipinski definition) is 5. The second kappa shape index (κ2) is 6.40. The number of aryl methyl sites for hydroxylation is 1. The number of aromatic nitrogens is 2. The van der Waals surface area contributed by atoms with Crippen molar-refractivity contribution in [2.45, 2.75) is 6.92 Å². The minimum Gasteiger partial charge on any atom is -0.383 e. The van der Waals surface area contributed by atoms with Gasteiger partial charge in [-0.1, -0.05) is 6.07 Å². The minimum atomic E-state index is -0.116. The van der Waals surface area contributed by atoms with E-state index in [4.69, 9.17) is 4.74 Å². The van der Waals surface area contributed by atoms with Gasteiger partial charge in [0.1, 0.15) is 9.88 Å². The number of hydrogen-bond donors (Lipinski definition) is 1. The predicted molar refractivity (Wildman–Crippen MR) is 74.3 cm³/mol. The first-order valence-electron chi connectivity index (χ1n) is 5.88. The van der Waals surface area contributed by atoms with Crippen molar-refractivity contribution in [3.8, 4) is 10.7 Å². The van der Waals surface area contributed by atoms with Crippen molar-refractivity contribution >= 4 is 17.2 Å². The molecule has 1 amide bonds. The Morgan fingerprint density at radius 1 is 1.47 bits per heavy atom. The largest absolute Gasteiger partial charge is 0.383 e. The van der Waals surface area contributed by atoms with Crippen molar-refractivity contribution in [3.05, 3.63) is 35.0 Å². The number of carbonyl (C=O) groups excluding carboxylic acids is 1. The molecule has 0 aromatic carbocycles. The third-order valence-electron chi connectivity index (χ3n) is 2.48. The molecule has 0 radical (unpaired) electrons. The van der Waals surface area contributed by atoms with E-state index in [9.17, 15) is 4.79 Å². The van der Waals surface area contributed by atoms with Gasteiger partial charge in [-0.15, -0.1) is 11.3 Å². The average Bonchev–Trinajstić information content (AvgIpc) is 2.82. The number of thiazole rings is 1. The molecule has 0 saturated carbocycles. The van der Waals surface area contributed by atoms with Gasteiger partial charge in [0.25, 0.3) is 5.91 Å². The van der Waals surface area contributed by atoms with E-state index in [-0.39, 0.29) is 5.91 Å². The highest BCUT2D eigenvalue weighted by atomic mass is 32.1. The van der Waals surface area contributed by atoms with Crippen molar-refractivity contribution < 1.29 is 9.53 Å². The molecule has 0 aliphatic rings. The topological polar surface area (TPSA) is 64.1 Å². The van der Waals surface area contributed by atoms with Crippen LogP contribution in [0.2, 0.25) is 0 Å². The minimum absolute atomic E-state index is 0.116. The van der Waals surface area contributed by atoms with Crippen LogP contribution in [-0.2, 0) is 4.74 Å². The van der Waals surface area contributed by atoms with E-state index in [1.54, 1.807) is 13.3 Å². The Kier molecular flexibility index (Phi) is 4.59. The number of amides is 1. The number of nitrogens with one attached hydrogen (secondary N) is 1. The first-order valence-corrected chi connectivity index (χ1v) is 6.70. The van der Waals surface area contributed by atoms with Crippen LogP contribution in [0.25, 0.3) is 10.7 Å². The van der Waals surface area contributed by atoms with Gasteiger partial charge in [0.2, 0.25) is 0 Å². The summed E-state index contributed by atoms with van der Waals surface area (Å²) in [6, 6.07) is 5.63. The Bertz CT molecular complexity index is 554. The molecule has 2 heterocycles. The quantitative estimate of drug-likeness (QED) is 0.848. The number of carbonyl (C=O) groups is 1. The van der Waals surface area contributed by atoms with Crippen LogP contribution in [0, 0.1) is 6.92 Å². The van der Waals surface area contributed by atoms with Gasteiger partial charge < -0.3 is 10.1 Å². The molecule has 0 unspecified atom stereocenters. The van der Waals surface area contributed by atoms with Crippen LogP contribution < -0.4 is 5.32 Å². The van der Waals surface area contributed by atoms with Crippen molar-refractivity contribution in [2.24, 2.45) is 0 Å². The lowest BCUT2D eigenvalue weighted by Crippen LogP contribution is -2.26. The van der Waals surface area contributed by atoms with E-state index in [1.807, 2.05) is 25.1 Å². The van der Waals surface area contributed by atoms with Gasteiger partial charge in [0.05, 0.1) is 18.0 Å². The van der Waals surface area contributed by atoms with E-state index in [0.717, 1.165) is 16.4 Å². The van der Waals surface area contributed by atoms with Gasteiger partial charge in [-0.05, 0) is 19.1 Å². The standard InChI is InChI=1S/C13H15N3O2S/c1-9-11(12(17)15-7-8-18-2)19-13(16-9)10-5-3-4-6-14-10/h3-6H,7-8H2,1-2H3,(H,15,17). The van der Waals surface area contributed by atoms with Crippen LogP contribution >= 0.6 is 11.3 Å². The first-order chi connectivity index (χ1) is 9.22. The highest BCUT2D eigenvalue weighted by molar-refractivity contribution is 7.17. The third-order valence-corrected chi connectivity index (χ3v) is 3.66. The summed E-state index contributed by atoms with van der Waals surface area (Å²) in [7, 11) is 1.60. The molecule has 5 nitrogen and oxygen atoms in total. The molecule has 0 aliphatic heterocycles. The van der Waals surface area contributed by atoms with Crippen LogP contribution in [0.1, 0.15) is 15.4 Å². The zero-order chi connectivity index (χ0) is 13.7. The highest BCUT2D eigenvalue weighted by Gasteiger charge is 2.16. The lowest BCUT2D eigenvalue weighted by Gasteiger charge is -2.02. The first kappa shape index (κ1) is 13.6. The molecular weight excluding hydrogens is 262 g/mol. The molecular formula is C13H15N3O2S. The van der Waals surface area contributed by atoms with Crippen LogP contribution in [0.15, 0.2) is 24.4 Å². The zero-order valence-corrected chi connectivity index (χ0v) is 11.7. The van der Waals surface area contributed by atoms with Crippen LogP contribution in [-0.4, -0.2) is 36.1 Å². The molecule has 0 aliphatic carbocycles. The summed E-state index contributed by atoms with van der Waals surface area (Å²) < 4.78 is 4.90. The molecule has 100 valence electrons. The summed E-state index contributed by atoms with van der Waals surface area (Å²) in [5.74, 6) is -0.116. The summed E-state index contributed by atoms with van der Waals surface area (Å²) in [5.41, 5.74) is 1.51. The maximum Gasteiger partial charge on any atom is 0.263 e. The number of rotatable bonds is 5. The normalized spacial score (nSPS) is 10.4. The van der Waals surface area contributed by atoms with E-state index >= 15 is 0 Å². The van der Waals surface area contributed by atoms with Crippen molar-refractivity contribution in [3.63, 3.8) is 0 Å². The maximum absolute atomic E-state index is 12.0. The number of ether oxygens (including phenoxy) is 1. The van der Waals surface area contributed by atoms with E-state index in [0.29, 0.717) is 18.0 Å². The average molecular weight is 277 g/mol. The molecule has 2 rings (SSSR count). The third kappa shape index (κ3) is 3.36. The smallest absolute Gasteiger partial charge is 0.263 e. The summed E-state index contributed by atoms with van der Waals surface area (Å²) >= 11 is 1.35. The fraction of sp³-hybridized carbons (Fsp3) is 0.308. The molecule has 19 heavy (non-hydrogen) atoms. The molecule has 0 saturated heterocycles. The Labute approximate surface area is 115 Å². The lowest BCUT2D eigenvalue weighted by atomic mass is 10.3. The molecule has 1 N–H and O–H groups in total. The van der Waals surface area contributed by atoms with Crippen LogP contribution in [0.4, 0.5) is 0 Å². The fourth-order valence-electron chi connectivity index (χ4n) is 1.55. The van der Waals surface area contributed by atoms with Crippen molar-refractivity contribution in [1.82, 2.24) is 15.3 Å². The molecule has 0 atom stereocenters.